The summed E-state index contributed by atoms with van der Waals surface area (Å²) in [6.45, 7) is 2.10. The summed E-state index contributed by atoms with van der Waals surface area (Å²) in [5.74, 6) is 1.58. The summed E-state index contributed by atoms with van der Waals surface area (Å²) in [4.78, 5) is 15.6. The lowest BCUT2D eigenvalue weighted by molar-refractivity contribution is 0.669. The summed E-state index contributed by atoms with van der Waals surface area (Å²) in [6.07, 6.45) is 0. The van der Waals surface area contributed by atoms with Crippen LogP contribution in [-0.2, 0) is 0 Å². The van der Waals surface area contributed by atoms with Crippen molar-refractivity contribution in [3.05, 3.63) is 223 Å². The summed E-state index contributed by atoms with van der Waals surface area (Å²) >= 11 is 0. The number of benzene rings is 9. The molecule has 64 heavy (non-hydrogen) atoms. The van der Waals surface area contributed by atoms with Crippen molar-refractivity contribution in [1.29, 1.82) is 5.26 Å². The van der Waals surface area contributed by atoms with Gasteiger partial charge < -0.3 is 4.42 Å². The predicted molar refractivity (Wildman–Crippen MR) is 260 cm³/mol. The van der Waals surface area contributed by atoms with Crippen molar-refractivity contribution >= 4 is 21.9 Å². The Morgan fingerprint density at radius 2 is 0.828 bits per heavy atom. The molecule has 0 bridgehead atoms. The van der Waals surface area contributed by atoms with E-state index in [4.69, 9.17) is 19.4 Å². The number of rotatable bonds is 8. The molecular weight excluding hydrogens is 781 g/mol. The Bertz CT molecular complexity index is 3550. The van der Waals surface area contributed by atoms with E-state index in [9.17, 15) is 5.26 Å². The number of hydrogen-bond donors (Lipinski definition) is 0. The van der Waals surface area contributed by atoms with Gasteiger partial charge >= 0.3 is 0 Å². The highest BCUT2D eigenvalue weighted by Gasteiger charge is 2.19. The Hall–Kier alpha value is -8.72. The molecule has 5 heteroatoms. The first-order valence-electron chi connectivity index (χ1n) is 21.3. The number of nitrogens with zero attached hydrogens (tertiary/aromatic N) is 4. The number of aryl methyl sites for hydroxylation is 1. The van der Waals surface area contributed by atoms with Crippen LogP contribution in [0.5, 0.6) is 0 Å². The van der Waals surface area contributed by atoms with E-state index >= 15 is 0 Å². The van der Waals surface area contributed by atoms with Crippen molar-refractivity contribution in [3.8, 4) is 95.9 Å². The maximum Gasteiger partial charge on any atom is 0.164 e. The van der Waals surface area contributed by atoms with Crippen LogP contribution >= 0.6 is 0 Å². The number of hydrogen-bond acceptors (Lipinski definition) is 5. The van der Waals surface area contributed by atoms with Gasteiger partial charge in [-0.15, -0.1) is 0 Å². The first-order valence-corrected chi connectivity index (χ1v) is 21.3. The Balaban J connectivity index is 1.07. The molecule has 0 radical (unpaired) electrons. The van der Waals surface area contributed by atoms with Gasteiger partial charge in [-0.3, -0.25) is 0 Å². The monoisotopic (exact) mass is 818 g/mol. The SMILES string of the molecule is Cc1ccc(-c2cc(-c3ccccc3)cc(-c3nc(-c4cccc(-c5ccccc5C#N)c4)nc(-c4ccc5c(c4)oc4cccc(-c6ccc(-c7ccccc7)cc6)c45)n3)c2)cc1. The van der Waals surface area contributed by atoms with Gasteiger partial charge in [-0.1, -0.05) is 169 Å². The van der Waals surface area contributed by atoms with Gasteiger partial charge in [-0.2, -0.15) is 5.26 Å². The maximum absolute atomic E-state index is 9.97. The molecule has 2 aromatic heterocycles. The predicted octanol–water partition coefficient (Wildman–Crippen LogP) is 15.3. The number of nitriles is 1. The van der Waals surface area contributed by atoms with E-state index < -0.39 is 0 Å². The molecule has 0 aliphatic heterocycles. The molecule has 0 unspecified atom stereocenters. The minimum absolute atomic E-state index is 0.518. The highest BCUT2D eigenvalue weighted by Crippen LogP contribution is 2.40. The van der Waals surface area contributed by atoms with Crippen molar-refractivity contribution in [2.24, 2.45) is 0 Å². The standard InChI is InChI=1S/C59H38N4O/c1-38-22-24-42(25-23-38)49-33-48(40-14-6-3-7-15-40)34-50(35-49)59-62-57(45-18-10-17-44(32-45)51-19-9-8-16-47(51)37-60)61-58(63-59)46-30-31-53-55(36-46)64-54-21-11-20-52(56(53)54)43-28-26-41(27-29-43)39-12-4-2-5-13-39/h2-36H,1H3. The molecule has 0 spiro atoms. The smallest absolute Gasteiger partial charge is 0.164 e. The molecule has 5 nitrogen and oxygen atoms in total. The number of fused-ring (bicyclic) bond motifs is 3. The largest absolute Gasteiger partial charge is 0.456 e. The van der Waals surface area contributed by atoms with Gasteiger partial charge in [0.15, 0.2) is 17.5 Å². The molecule has 0 N–H and O–H groups in total. The lowest BCUT2D eigenvalue weighted by Crippen LogP contribution is -2.01. The summed E-state index contributed by atoms with van der Waals surface area (Å²) < 4.78 is 6.63. The van der Waals surface area contributed by atoms with Crippen LogP contribution in [0, 0.1) is 18.3 Å². The van der Waals surface area contributed by atoms with Crippen LogP contribution in [0.15, 0.2) is 217 Å². The van der Waals surface area contributed by atoms with E-state index in [1.165, 1.54) is 16.7 Å². The normalized spacial score (nSPS) is 11.2. The van der Waals surface area contributed by atoms with Gasteiger partial charge in [0.2, 0.25) is 0 Å². The highest BCUT2D eigenvalue weighted by atomic mass is 16.3. The molecule has 11 aromatic rings. The quantitative estimate of drug-likeness (QED) is 0.153. The van der Waals surface area contributed by atoms with Gasteiger partial charge in [0.1, 0.15) is 11.2 Å². The van der Waals surface area contributed by atoms with Crippen LogP contribution in [0.25, 0.3) is 112 Å². The molecule has 0 saturated carbocycles. The van der Waals surface area contributed by atoms with Crippen LogP contribution in [0.2, 0.25) is 0 Å². The molecule has 0 atom stereocenters. The second-order valence-corrected chi connectivity index (χ2v) is 16.0. The minimum Gasteiger partial charge on any atom is -0.456 e. The maximum atomic E-state index is 9.97. The van der Waals surface area contributed by atoms with Crippen molar-refractivity contribution < 1.29 is 4.42 Å². The molecule has 0 aliphatic rings. The Morgan fingerprint density at radius 1 is 0.359 bits per heavy atom. The molecule has 0 aliphatic carbocycles. The van der Waals surface area contributed by atoms with Crippen LogP contribution in [0.1, 0.15) is 11.1 Å². The molecule has 11 rings (SSSR count). The molecular formula is C59H38N4O. The van der Waals surface area contributed by atoms with Crippen LogP contribution in [0.3, 0.4) is 0 Å². The molecule has 9 aromatic carbocycles. The Labute approximate surface area is 371 Å². The molecule has 300 valence electrons. The molecule has 2 heterocycles. The van der Waals surface area contributed by atoms with Gasteiger partial charge in [0, 0.05) is 27.5 Å². The fourth-order valence-electron chi connectivity index (χ4n) is 8.57. The molecule has 0 amide bonds. The van der Waals surface area contributed by atoms with E-state index in [1.807, 2.05) is 78.9 Å². The second-order valence-electron chi connectivity index (χ2n) is 16.0. The third-order valence-electron chi connectivity index (χ3n) is 11.9. The third kappa shape index (κ3) is 7.30. The lowest BCUT2D eigenvalue weighted by atomic mass is 9.95. The molecule has 0 fully saturated rings. The zero-order valence-corrected chi connectivity index (χ0v) is 34.9. The first kappa shape index (κ1) is 38.2. The fraction of sp³-hybridized carbons (Fsp3) is 0.0169. The second kappa shape index (κ2) is 16.3. The topological polar surface area (TPSA) is 75.6 Å². The van der Waals surface area contributed by atoms with E-state index in [2.05, 4.69) is 146 Å². The van der Waals surface area contributed by atoms with Gasteiger partial charge in [0.25, 0.3) is 0 Å². The summed E-state index contributed by atoms with van der Waals surface area (Å²) in [6, 6.07) is 75.2. The van der Waals surface area contributed by atoms with Crippen molar-refractivity contribution in [1.82, 2.24) is 15.0 Å². The van der Waals surface area contributed by atoms with Crippen molar-refractivity contribution in [2.45, 2.75) is 6.92 Å². The summed E-state index contributed by atoms with van der Waals surface area (Å²) in [7, 11) is 0. The van der Waals surface area contributed by atoms with Gasteiger partial charge in [-0.25, -0.2) is 15.0 Å². The van der Waals surface area contributed by atoms with E-state index in [1.54, 1.807) is 0 Å². The summed E-state index contributed by atoms with van der Waals surface area (Å²) in [5, 5.41) is 12.0. The van der Waals surface area contributed by atoms with E-state index in [0.29, 0.717) is 23.0 Å². The van der Waals surface area contributed by atoms with E-state index in [-0.39, 0.29) is 0 Å². The first-order chi connectivity index (χ1) is 31.5. The van der Waals surface area contributed by atoms with Crippen LogP contribution < -0.4 is 0 Å². The Kier molecular flexibility index (Phi) is 9.72. The van der Waals surface area contributed by atoms with Gasteiger partial charge in [0.05, 0.1) is 11.6 Å². The molecule has 0 saturated heterocycles. The zero-order valence-electron chi connectivity index (χ0n) is 34.9. The third-order valence-corrected chi connectivity index (χ3v) is 11.9. The fourth-order valence-corrected chi connectivity index (χ4v) is 8.57. The number of aromatic nitrogens is 3. The summed E-state index contributed by atoms with van der Waals surface area (Å²) in [5.41, 5.74) is 16.5. The average Bonchev–Trinajstić information content (AvgIpc) is 3.75. The van der Waals surface area contributed by atoms with Gasteiger partial charge in [-0.05, 0) is 111 Å². The minimum atomic E-state index is 0.518. The lowest BCUT2D eigenvalue weighted by Gasteiger charge is -2.13. The van der Waals surface area contributed by atoms with Crippen LogP contribution in [0.4, 0.5) is 0 Å². The number of furan rings is 1. The Morgan fingerprint density at radius 3 is 1.53 bits per heavy atom. The van der Waals surface area contributed by atoms with Crippen LogP contribution in [-0.4, -0.2) is 15.0 Å². The van der Waals surface area contributed by atoms with Crippen molar-refractivity contribution in [3.63, 3.8) is 0 Å². The van der Waals surface area contributed by atoms with E-state index in [0.717, 1.165) is 83.1 Å². The zero-order chi connectivity index (χ0) is 43.0. The van der Waals surface area contributed by atoms with Crippen molar-refractivity contribution in [2.75, 3.05) is 0 Å². The highest BCUT2D eigenvalue weighted by molar-refractivity contribution is 6.13. The average molecular weight is 819 g/mol.